The van der Waals surface area contributed by atoms with Gasteiger partial charge in [-0.1, -0.05) is 32.0 Å². The molecule has 3 N–H and O–H groups in total. The maximum Gasteiger partial charge on any atom is 0.193 e. The second kappa shape index (κ2) is 11.0. The van der Waals surface area contributed by atoms with Crippen molar-refractivity contribution in [3.05, 3.63) is 48.0 Å². The molecule has 2 aromatic carbocycles. The van der Waals surface area contributed by atoms with Gasteiger partial charge in [-0.15, -0.1) is 24.0 Å². The summed E-state index contributed by atoms with van der Waals surface area (Å²) in [5.74, 6) is 3.12. The molecule has 1 heterocycles. The van der Waals surface area contributed by atoms with Gasteiger partial charge in [0, 0.05) is 23.7 Å². The average Bonchev–Trinajstić information content (AvgIpc) is 2.90. The quantitative estimate of drug-likeness (QED) is 0.351. The number of fused-ring (bicyclic) bond motifs is 1. The van der Waals surface area contributed by atoms with Crippen LogP contribution in [-0.2, 0) is 6.54 Å². The van der Waals surface area contributed by atoms with Crippen LogP contribution in [0.5, 0.6) is 17.2 Å². The van der Waals surface area contributed by atoms with Crippen molar-refractivity contribution in [3.63, 3.8) is 0 Å². The Hall–Kier alpha value is -2.16. The van der Waals surface area contributed by atoms with Crippen molar-refractivity contribution in [2.24, 2.45) is 16.6 Å². The first-order chi connectivity index (χ1) is 13.1. The number of hydrogen-bond acceptors (Lipinski definition) is 4. The zero-order chi connectivity index (χ0) is 19.1. The first-order valence-electron chi connectivity index (χ1n) is 9.29. The van der Waals surface area contributed by atoms with Gasteiger partial charge in [-0.05, 0) is 24.1 Å². The van der Waals surface area contributed by atoms with Gasteiger partial charge in [0.2, 0.25) is 0 Å². The molecule has 0 amide bonds. The number of nitrogens with one attached hydrogen (secondary N) is 1. The molecule has 1 aliphatic heterocycles. The molecule has 0 fully saturated rings. The van der Waals surface area contributed by atoms with E-state index in [-0.39, 0.29) is 24.0 Å². The predicted molar refractivity (Wildman–Crippen MR) is 123 cm³/mol. The molecule has 0 saturated heterocycles. The van der Waals surface area contributed by atoms with Crippen LogP contribution >= 0.6 is 24.0 Å². The van der Waals surface area contributed by atoms with Gasteiger partial charge >= 0.3 is 0 Å². The van der Waals surface area contributed by atoms with Crippen molar-refractivity contribution in [1.29, 1.82) is 0 Å². The Kier molecular flexibility index (Phi) is 8.69. The highest BCUT2D eigenvalue weighted by Gasteiger charge is 2.11. The predicted octanol–water partition coefficient (Wildman–Crippen LogP) is 4.43. The van der Waals surface area contributed by atoms with Gasteiger partial charge in [-0.2, -0.15) is 0 Å². The molecule has 0 bridgehead atoms. The number of nitrogens with zero attached hydrogens (tertiary/aromatic N) is 1. The number of nitrogens with two attached hydrogens (primary N) is 1. The molecule has 3 rings (SSSR count). The summed E-state index contributed by atoms with van der Waals surface area (Å²) in [6, 6.07) is 13.5. The summed E-state index contributed by atoms with van der Waals surface area (Å²) in [5, 5.41) is 3.10. The molecule has 0 aromatic heterocycles. The molecule has 28 heavy (non-hydrogen) atoms. The number of benzene rings is 2. The fourth-order valence-corrected chi connectivity index (χ4v) is 2.63. The van der Waals surface area contributed by atoms with Crippen molar-refractivity contribution < 1.29 is 14.2 Å². The van der Waals surface area contributed by atoms with Crippen LogP contribution in [0.25, 0.3) is 0 Å². The van der Waals surface area contributed by atoms with E-state index in [1.54, 1.807) is 0 Å². The second-order valence-electron chi connectivity index (χ2n) is 6.85. The van der Waals surface area contributed by atoms with E-state index in [4.69, 9.17) is 19.9 Å². The van der Waals surface area contributed by atoms with E-state index in [0.717, 1.165) is 34.9 Å². The minimum atomic E-state index is 0. The van der Waals surface area contributed by atoms with Gasteiger partial charge in [0.25, 0.3) is 0 Å². The van der Waals surface area contributed by atoms with E-state index in [1.807, 2.05) is 42.5 Å². The molecule has 0 aliphatic carbocycles. The zero-order valence-electron chi connectivity index (χ0n) is 16.3. The van der Waals surface area contributed by atoms with Crippen LogP contribution < -0.4 is 25.3 Å². The Balaban J connectivity index is 0.00000280. The van der Waals surface area contributed by atoms with E-state index in [9.17, 15) is 0 Å². The Morgan fingerprint density at radius 1 is 1.14 bits per heavy atom. The molecule has 0 unspecified atom stereocenters. The minimum Gasteiger partial charge on any atom is -0.493 e. The lowest BCUT2D eigenvalue weighted by atomic mass is 10.2. The second-order valence-corrected chi connectivity index (χ2v) is 6.85. The van der Waals surface area contributed by atoms with Gasteiger partial charge in [0.05, 0.1) is 26.4 Å². The standard InChI is InChI=1S/C21H27N3O3.HI/c1-15(2)14-27-18-7-4-3-6-16(18)13-23-21(22)24-17-8-9-19-20(12-17)26-11-5-10-25-19;/h3-4,6-9,12,15H,5,10-11,13-14H2,1-2H3,(H3,22,23,24);1H. The van der Waals surface area contributed by atoms with Gasteiger partial charge < -0.3 is 25.3 Å². The van der Waals surface area contributed by atoms with E-state index in [2.05, 4.69) is 24.2 Å². The summed E-state index contributed by atoms with van der Waals surface area (Å²) >= 11 is 0. The topological polar surface area (TPSA) is 78.1 Å². The van der Waals surface area contributed by atoms with Crippen LogP contribution in [0, 0.1) is 5.92 Å². The number of halogens is 1. The summed E-state index contributed by atoms with van der Waals surface area (Å²) in [5.41, 5.74) is 7.87. The lowest BCUT2D eigenvalue weighted by Gasteiger charge is -2.13. The van der Waals surface area contributed by atoms with Gasteiger partial charge in [0.15, 0.2) is 17.5 Å². The van der Waals surface area contributed by atoms with Gasteiger partial charge in [-0.3, -0.25) is 0 Å². The maximum absolute atomic E-state index is 6.06. The van der Waals surface area contributed by atoms with Crippen LogP contribution in [0.2, 0.25) is 0 Å². The van der Waals surface area contributed by atoms with Crippen LogP contribution in [0.15, 0.2) is 47.5 Å². The fraction of sp³-hybridized carbons (Fsp3) is 0.381. The zero-order valence-corrected chi connectivity index (χ0v) is 18.6. The fourth-order valence-electron chi connectivity index (χ4n) is 2.63. The Labute approximate surface area is 183 Å². The lowest BCUT2D eigenvalue weighted by Crippen LogP contribution is -2.22. The van der Waals surface area contributed by atoms with Crippen LogP contribution in [0.4, 0.5) is 5.69 Å². The number of rotatable bonds is 6. The molecule has 6 nitrogen and oxygen atoms in total. The molecule has 0 spiro atoms. The minimum absolute atomic E-state index is 0. The number of hydrogen-bond donors (Lipinski definition) is 2. The molecule has 2 aromatic rings. The average molecular weight is 497 g/mol. The number of guanidine groups is 1. The number of para-hydroxylation sites is 1. The summed E-state index contributed by atoms with van der Waals surface area (Å²) in [6.07, 6.45) is 0.874. The molecular weight excluding hydrogens is 469 g/mol. The normalized spacial score (nSPS) is 13.5. The molecule has 0 saturated carbocycles. The first-order valence-corrected chi connectivity index (χ1v) is 9.29. The molecule has 152 valence electrons. The monoisotopic (exact) mass is 497 g/mol. The molecule has 0 radical (unpaired) electrons. The van der Waals surface area contributed by atoms with Crippen molar-refractivity contribution in [1.82, 2.24) is 0 Å². The largest absolute Gasteiger partial charge is 0.493 e. The summed E-state index contributed by atoms with van der Waals surface area (Å²) in [6.45, 7) is 6.67. The summed E-state index contributed by atoms with van der Waals surface area (Å²) < 4.78 is 17.2. The van der Waals surface area contributed by atoms with Crippen molar-refractivity contribution in [2.45, 2.75) is 26.8 Å². The summed E-state index contributed by atoms with van der Waals surface area (Å²) in [7, 11) is 0. The van der Waals surface area contributed by atoms with E-state index >= 15 is 0 Å². The Morgan fingerprint density at radius 3 is 2.68 bits per heavy atom. The van der Waals surface area contributed by atoms with E-state index in [1.165, 1.54) is 0 Å². The highest BCUT2D eigenvalue weighted by Crippen LogP contribution is 2.32. The first kappa shape index (κ1) is 22.1. The van der Waals surface area contributed by atoms with Crippen LogP contribution in [-0.4, -0.2) is 25.8 Å². The number of aliphatic imine (C=N–C) groups is 1. The highest BCUT2D eigenvalue weighted by molar-refractivity contribution is 14.0. The van der Waals surface area contributed by atoms with E-state index in [0.29, 0.717) is 38.2 Å². The van der Waals surface area contributed by atoms with Gasteiger partial charge in [-0.25, -0.2) is 4.99 Å². The van der Waals surface area contributed by atoms with Crippen molar-refractivity contribution in [2.75, 3.05) is 25.1 Å². The third-order valence-electron chi connectivity index (χ3n) is 3.98. The molecule has 7 heteroatoms. The molecule has 1 aliphatic rings. The SMILES string of the molecule is CC(C)COc1ccccc1CN=C(N)Nc1ccc2c(c1)OCCCO2.I. The Bertz CT molecular complexity index is 796. The summed E-state index contributed by atoms with van der Waals surface area (Å²) in [4.78, 5) is 4.44. The van der Waals surface area contributed by atoms with Crippen LogP contribution in [0.1, 0.15) is 25.8 Å². The lowest BCUT2D eigenvalue weighted by molar-refractivity contribution is 0.268. The third kappa shape index (κ3) is 6.47. The number of ether oxygens (including phenoxy) is 3. The van der Waals surface area contributed by atoms with Crippen molar-refractivity contribution in [3.8, 4) is 17.2 Å². The Morgan fingerprint density at radius 2 is 1.89 bits per heavy atom. The third-order valence-corrected chi connectivity index (χ3v) is 3.98. The van der Waals surface area contributed by atoms with Crippen LogP contribution in [0.3, 0.4) is 0 Å². The maximum atomic E-state index is 6.06. The molecule has 0 atom stereocenters. The van der Waals surface area contributed by atoms with Crippen molar-refractivity contribution >= 4 is 35.6 Å². The smallest absolute Gasteiger partial charge is 0.193 e. The number of anilines is 1. The van der Waals surface area contributed by atoms with E-state index < -0.39 is 0 Å². The van der Waals surface area contributed by atoms with Gasteiger partial charge in [0.1, 0.15) is 5.75 Å². The molecular formula is C21H28IN3O3. The highest BCUT2D eigenvalue weighted by atomic mass is 127.